The smallest absolute Gasteiger partial charge is 0.337 e. The fourth-order valence-electron chi connectivity index (χ4n) is 3.59. The highest BCUT2D eigenvalue weighted by molar-refractivity contribution is 7.12. The van der Waals surface area contributed by atoms with Gasteiger partial charge in [0.2, 0.25) is 5.91 Å². The Balaban J connectivity index is 1.55. The molecule has 10 heteroatoms. The molecule has 6 nitrogen and oxygen atoms in total. The molecule has 4 rings (SSSR count). The van der Waals surface area contributed by atoms with Gasteiger partial charge in [0, 0.05) is 25.5 Å². The van der Waals surface area contributed by atoms with Gasteiger partial charge < -0.3 is 10.2 Å². The van der Waals surface area contributed by atoms with Crippen molar-refractivity contribution in [3.8, 4) is 5.69 Å². The molecule has 0 saturated carbocycles. The average molecular weight is 448 g/mol. The highest BCUT2D eigenvalue weighted by atomic mass is 32.1. The summed E-state index contributed by atoms with van der Waals surface area (Å²) in [6.45, 7) is 0.765. The monoisotopic (exact) mass is 448 g/mol. The van der Waals surface area contributed by atoms with E-state index in [0.717, 1.165) is 12.1 Å². The summed E-state index contributed by atoms with van der Waals surface area (Å²) < 4.78 is 41.1. The summed E-state index contributed by atoms with van der Waals surface area (Å²) in [6, 6.07) is 8.30. The normalized spacial score (nSPS) is 16.9. The average Bonchev–Trinajstić information content (AvgIpc) is 3.47. The van der Waals surface area contributed by atoms with E-state index in [-0.39, 0.29) is 18.1 Å². The lowest BCUT2D eigenvalue weighted by Crippen LogP contribution is -2.43. The Morgan fingerprint density at radius 1 is 1.19 bits per heavy atom. The number of hydrogen-bond donors (Lipinski definition) is 1. The molecule has 1 aliphatic rings. The molecule has 1 N–H and O–H groups in total. The SMILES string of the molecule is O=C(Nc1cc(C(F)(F)F)ccc1-n1cccn1)C1CCCN(C(=O)c2cccs2)C1. The fraction of sp³-hybridized carbons (Fsp3) is 0.286. The van der Waals surface area contributed by atoms with Gasteiger partial charge in [-0.25, -0.2) is 4.68 Å². The van der Waals surface area contributed by atoms with Crippen LogP contribution in [0.5, 0.6) is 0 Å². The standard InChI is InChI=1S/C21H19F3N4O2S/c22-21(23,24)15-6-7-17(28-10-3-8-25-28)16(12-15)26-19(29)14-4-1-9-27(13-14)20(30)18-5-2-11-31-18/h2-3,5-8,10-12,14H,1,4,9,13H2,(H,26,29). The van der Waals surface area contributed by atoms with Crippen LogP contribution in [-0.2, 0) is 11.0 Å². The van der Waals surface area contributed by atoms with E-state index < -0.39 is 23.6 Å². The van der Waals surface area contributed by atoms with Gasteiger partial charge in [0.15, 0.2) is 0 Å². The summed E-state index contributed by atoms with van der Waals surface area (Å²) in [5.41, 5.74) is -0.518. The zero-order valence-corrected chi connectivity index (χ0v) is 17.1. The van der Waals surface area contributed by atoms with Gasteiger partial charge in [-0.1, -0.05) is 6.07 Å². The highest BCUT2D eigenvalue weighted by Crippen LogP contribution is 2.34. The molecule has 2 amide bonds. The predicted molar refractivity (Wildman–Crippen MR) is 110 cm³/mol. The molecule has 1 unspecified atom stereocenters. The second-order valence-corrected chi connectivity index (χ2v) is 8.18. The lowest BCUT2D eigenvalue weighted by molar-refractivity contribution is -0.137. The number of rotatable bonds is 4. The lowest BCUT2D eigenvalue weighted by Gasteiger charge is -2.32. The van der Waals surface area contributed by atoms with Crippen LogP contribution in [0.15, 0.2) is 54.2 Å². The number of carbonyl (C=O) groups is 2. The van der Waals surface area contributed by atoms with Crippen molar-refractivity contribution in [1.82, 2.24) is 14.7 Å². The van der Waals surface area contributed by atoms with Crippen LogP contribution in [0.2, 0.25) is 0 Å². The Hall–Kier alpha value is -3.14. The number of carbonyl (C=O) groups excluding carboxylic acids is 2. The molecule has 0 spiro atoms. The molecule has 1 aliphatic heterocycles. The molecule has 2 aromatic heterocycles. The van der Waals surface area contributed by atoms with Crippen molar-refractivity contribution in [1.29, 1.82) is 0 Å². The third-order valence-electron chi connectivity index (χ3n) is 5.14. The topological polar surface area (TPSA) is 67.2 Å². The van der Waals surface area contributed by atoms with Crippen LogP contribution in [0, 0.1) is 5.92 Å². The van der Waals surface area contributed by atoms with Crippen molar-refractivity contribution in [3.05, 3.63) is 64.6 Å². The van der Waals surface area contributed by atoms with E-state index in [4.69, 9.17) is 0 Å². The number of piperidine rings is 1. The summed E-state index contributed by atoms with van der Waals surface area (Å²) >= 11 is 1.33. The highest BCUT2D eigenvalue weighted by Gasteiger charge is 2.33. The minimum absolute atomic E-state index is 0.0187. The van der Waals surface area contributed by atoms with Crippen LogP contribution in [0.25, 0.3) is 5.69 Å². The maximum atomic E-state index is 13.2. The van der Waals surface area contributed by atoms with Gasteiger partial charge in [-0.05, 0) is 48.6 Å². The molecule has 0 radical (unpaired) electrons. The molecule has 1 atom stereocenters. The first-order chi connectivity index (χ1) is 14.8. The lowest BCUT2D eigenvalue weighted by atomic mass is 9.96. The molecule has 3 heterocycles. The van der Waals surface area contributed by atoms with Crippen LogP contribution in [0.1, 0.15) is 28.1 Å². The number of halogens is 3. The number of likely N-dealkylation sites (tertiary alicyclic amines) is 1. The largest absolute Gasteiger partial charge is 0.416 e. The summed E-state index contributed by atoms with van der Waals surface area (Å²) in [6.07, 6.45) is -0.268. The summed E-state index contributed by atoms with van der Waals surface area (Å²) in [4.78, 5) is 27.8. The summed E-state index contributed by atoms with van der Waals surface area (Å²) in [5, 5.41) is 8.51. The molecular weight excluding hydrogens is 429 g/mol. The number of nitrogens with one attached hydrogen (secondary N) is 1. The van der Waals surface area contributed by atoms with Crippen molar-refractivity contribution < 1.29 is 22.8 Å². The maximum Gasteiger partial charge on any atom is 0.416 e. The van der Waals surface area contributed by atoms with Gasteiger partial charge in [0.25, 0.3) is 5.91 Å². The predicted octanol–water partition coefficient (Wildman–Crippen LogP) is 4.44. The van der Waals surface area contributed by atoms with Gasteiger partial charge in [-0.15, -0.1) is 11.3 Å². The van der Waals surface area contributed by atoms with Gasteiger partial charge in [0.05, 0.1) is 27.7 Å². The van der Waals surface area contributed by atoms with E-state index in [1.165, 1.54) is 28.3 Å². The van der Waals surface area contributed by atoms with E-state index in [1.54, 1.807) is 29.3 Å². The number of aromatic nitrogens is 2. The van der Waals surface area contributed by atoms with Crippen molar-refractivity contribution in [3.63, 3.8) is 0 Å². The molecule has 162 valence electrons. The number of nitrogens with zero attached hydrogens (tertiary/aromatic N) is 3. The van der Waals surface area contributed by atoms with Crippen molar-refractivity contribution >= 4 is 28.8 Å². The summed E-state index contributed by atoms with van der Waals surface area (Å²) in [5.74, 6) is -1.07. The van der Waals surface area contributed by atoms with E-state index in [9.17, 15) is 22.8 Å². The number of alkyl halides is 3. The molecule has 1 fully saturated rings. The quantitative estimate of drug-likeness (QED) is 0.642. The van der Waals surface area contributed by atoms with Crippen molar-refractivity contribution in [2.45, 2.75) is 19.0 Å². The maximum absolute atomic E-state index is 13.2. The van der Waals surface area contributed by atoms with Crippen LogP contribution >= 0.6 is 11.3 Å². The van der Waals surface area contributed by atoms with Crippen molar-refractivity contribution in [2.75, 3.05) is 18.4 Å². The molecule has 1 saturated heterocycles. The van der Waals surface area contributed by atoms with Crippen LogP contribution < -0.4 is 5.32 Å². The summed E-state index contributed by atoms with van der Waals surface area (Å²) in [7, 11) is 0. The van der Waals surface area contributed by atoms with E-state index in [0.29, 0.717) is 30.0 Å². The Bertz CT molecular complexity index is 1060. The Morgan fingerprint density at radius 3 is 2.71 bits per heavy atom. The third-order valence-corrected chi connectivity index (χ3v) is 6.00. The number of anilines is 1. The second-order valence-electron chi connectivity index (χ2n) is 7.24. The second kappa shape index (κ2) is 8.54. The molecular formula is C21H19F3N4O2S. The first-order valence-electron chi connectivity index (χ1n) is 9.68. The minimum Gasteiger partial charge on any atom is -0.337 e. The Morgan fingerprint density at radius 2 is 2.03 bits per heavy atom. The van der Waals surface area contributed by atoms with E-state index in [1.807, 2.05) is 5.38 Å². The number of hydrogen-bond acceptors (Lipinski definition) is 4. The first kappa shape index (κ1) is 21.1. The van der Waals surface area contributed by atoms with Gasteiger partial charge in [-0.2, -0.15) is 18.3 Å². The number of thiophene rings is 1. The third kappa shape index (κ3) is 4.63. The molecule has 3 aromatic rings. The van der Waals surface area contributed by atoms with Crippen LogP contribution in [-0.4, -0.2) is 39.6 Å². The zero-order valence-electron chi connectivity index (χ0n) is 16.3. The molecule has 0 aliphatic carbocycles. The van der Waals surface area contributed by atoms with Gasteiger partial charge >= 0.3 is 6.18 Å². The zero-order chi connectivity index (χ0) is 22.0. The minimum atomic E-state index is -4.54. The number of amides is 2. The molecule has 0 bridgehead atoms. The van der Waals surface area contributed by atoms with E-state index in [2.05, 4.69) is 10.4 Å². The molecule has 31 heavy (non-hydrogen) atoms. The van der Waals surface area contributed by atoms with E-state index >= 15 is 0 Å². The van der Waals surface area contributed by atoms with Gasteiger partial charge in [-0.3, -0.25) is 9.59 Å². The first-order valence-corrected chi connectivity index (χ1v) is 10.6. The number of benzene rings is 1. The fourth-order valence-corrected chi connectivity index (χ4v) is 4.28. The Kier molecular flexibility index (Phi) is 5.81. The van der Waals surface area contributed by atoms with Gasteiger partial charge in [0.1, 0.15) is 0 Å². The van der Waals surface area contributed by atoms with Crippen molar-refractivity contribution in [2.24, 2.45) is 5.92 Å². The molecule has 1 aromatic carbocycles. The van der Waals surface area contributed by atoms with Crippen LogP contribution in [0.3, 0.4) is 0 Å². The van der Waals surface area contributed by atoms with Crippen LogP contribution in [0.4, 0.5) is 18.9 Å². The Labute approximate surface area is 180 Å².